The lowest BCUT2D eigenvalue weighted by molar-refractivity contribution is 0.504. The van der Waals surface area contributed by atoms with E-state index in [1.54, 1.807) is 0 Å². The Bertz CT molecular complexity index is 427. The van der Waals surface area contributed by atoms with Crippen LogP contribution in [-0.2, 0) is 6.54 Å². The maximum atomic E-state index is 6.43. The molecule has 0 aliphatic heterocycles. The maximum absolute atomic E-state index is 6.43. The summed E-state index contributed by atoms with van der Waals surface area (Å²) in [6.07, 6.45) is 2.63. The molecule has 0 radical (unpaired) electrons. The zero-order valence-electron chi connectivity index (χ0n) is 12.4. The highest BCUT2D eigenvalue weighted by Gasteiger charge is 2.22. The number of hydrogen-bond acceptors (Lipinski definition) is 2. The van der Waals surface area contributed by atoms with E-state index >= 15 is 0 Å². The van der Waals surface area contributed by atoms with Gasteiger partial charge in [-0.2, -0.15) is 0 Å². The zero-order valence-corrected chi connectivity index (χ0v) is 13.2. The van der Waals surface area contributed by atoms with E-state index in [1.807, 2.05) is 12.1 Å². The second-order valence-electron chi connectivity index (χ2n) is 6.00. The van der Waals surface area contributed by atoms with Gasteiger partial charge in [0.15, 0.2) is 0 Å². The maximum Gasteiger partial charge on any atom is 0.0642 e. The van der Waals surface area contributed by atoms with Crippen LogP contribution in [-0.4, -0.2) is 19.1 Å². The number of hydrogen-bond donors (Lipinski definition) is 1. The minimum Gasteiger partial charge on any atom is -0.370 e. The van der Waals surface area contributed by atoms with Gasteiger partial charge in [0.05, 0.1) is 10.7 Å². The lowest BCUT2D eigenvalue weighted by Crippen LogP contribution is -2.34. The summed E-state index contributed by atoms with van der Waals surface area (Å²) in [5.74, 6) is 0.602. The molecular formula is C16H25ClN2. The molecule has 0 heterocycles. The minimum absolute atomic E-state index is 0.472. The van der Waals surface area contributed by atoms with Crippen molar-refractivity contribution in [1.82, 2.24) is 5.32 Å². The van der Waals surface area contributed by atoms with Crippen LogP contribution in [0.15, 0.2) is 18.2 Å². The lowest BCUT2D eigenvalue weighted by Gasteiger charge is -2.32. The molecule has 0 amide bonds. The molecule has 1 aromatic rings. The summed E-state index contributed by atoms with van der Waals surface area (Å²) < 4.78 is 0. The number of nitrogens with one attached hydrogen (secondary N) is 1. The Morgan fingerprint density at radius 2 is 2.00 bits per heavy atom. The van der Waals surface area contributed by atoms with Gasteiger partial charge in [-0.25, -0.2) is 0 Å². The molecule has 19 heavy (non-hydrogen) atoms. The Hall–Kier alpha value is -0.730. The van der Waals surface area contributed by atoms with Crippen molar-refractivity contribution in [3.8, 4) is 0 Å². The van der Waals surface area contributed by atoms with Crippen LogP contribution in [0.4, 0.5) is 5.69 Å². The number of anilines is 1. The molecule has 0 aromatic heterocycles. The van der Waals surface area contributed by atoms with Gasteiger partial charge < -0.3 is 10.2 Å². The van der Waals surface area contributed by atoms with Gasteiger partial charge in [-0.3, -0.25) is 0 Å². The van der Waals surface area contributed by atoms with E-state index in [1.165, 1.54) is 24.1 Å². The monoisotopic (exact) mass is 280 g/mol. The van der Waals surface area contributed by atoms with E-state index in [2.05, 4.69) is 44.1 Å². The smallest absolute Gasteiger partial charge is 0.0642 e. The molecule has 1 aliphatic rings. The third kappa shape index (κ3) is 3.64. The summed E-state index contributed by atoms with van der Waals surface area (Å²) in [6.45, 7) is 7.67. The molecular weight excluding hydrogens is 256 g/mol. The zero-order chi connectivity index (χ0) is 14.0. The van der Waals surface area contributed by atoms with Gasteiger partial charge in [-0.05, 0) is 37.3 Å². The first kappa shape index (κ1) is 14.7. The molecule has 1 fully saturated rings. The quantitative estimate of drug-likeness (QED) is 0.845. The standard InChI is InChI=1S/C16H25ClN2/c1-11(2)12(3)19(4)16-13(6-5-7-15(16)17)10-18-14-8-9-14/h5-7,11-12,14,18H,8-10H2,1-4H3. The highest BCUT2D eigenvalue weighted by molar-refractivity contribution is 6.33. The molecule has 3 heteroatoms. The first-order valence-electron chi connectivity index (χ1n) is 7.24. The Kier molecular flexibility index (Phi) is 4.75. The molecule has 1 saturated carbocycles. The van der Waals surface area contributed by atoms with Crippen LogP contribution in [0.5, 0.6) is 0 Å². The van der Waals surface area contributed by atoms with Crippen molar-refractivity contribution < 1.29 is 0 Å². The second kappa shape index (κ2) is 6.15. The molecule has 2 rings (SSSR count). The molecule has 1 N–H and O–H groups in total. The van der Waals surface area contributed by atoms with Crippen molar-refractivity contribution in [2.75, 3.05) is 11.9 Å². The number of para-hydroxylation sites is 1. The van der Waals surface area contributed by atoms with E-state index in [4.69, 9.17) is 11.6 Å². The fourth-order valence-electron chi connectivity index (χ4n) is 2.29. The number of halogens is 1. The van der Waals surface area contributed by atoms with Gasteiger partial charge in [-0.1, -0.05) is 37.6 Å². The van der Waals surface area contributed by atoms with Crippen LogP contribution >= 0.6 is 11.6 Å². The fourth-order valence-corrected chi connectivity index (χ4v) is 2.62. The topological polar surface area (TPSA) is 15.3 Å². The van der Waals surface area contributed by atoms with Gasteiger partial charge in [0.2, 0.25) is 0 Å². The molecule has 1 aliphatic carbocycles. The van der Waals surface area contributed by atoms with Gasteiger partial charge in [0.1, 0.15) is 0 Å². The van der Waals surface area contributed by atoms with E-state index < -0.39 is 0 Å². The first-order chi connectivity index (χ1) is 9.00. The van der Waals surface area contributed by atoms with Crippen LogP contribution in [0.3, 0.4) is 0 Å². The summed E-state index contributed by atoms with van der Waals surface area (Å²) in [4.78, 5) is 2.32. The van der Waals surface area contributed by atoms with Gasteiger partial charge in [-0.15, -0.1) is 0 Å². The summed E-state index contributed by atoms with van der Waals surface area (Å²) in [5, 5.41) is 4.43. The van der Waals surface area contributed by atoms with Crippen molar-refractivity contribution in [1.29, 1.82) is 0 Å². The summed E-state index contributed by atoms with van der Waals surface area (Å²) in [5.41, 5.74) is 2.48. The van der Waals surface area contributed by atoms with E-state index in [9.17, 15) is 0 Å². The van der Waals surface area contributed by atoms with Crippen molar-refractivity contribution in [2.45, 2.75) is 52.2 Å². The first-order valence-corrected chi connectivity index (χ1v) is 7.62. The molecule has 1 unspecified atom stereocenters. The third-order valence-electron chi connectivity index (χ3n) is 4.16. The Labute approximate surface area is 122 Å². The Morgan fingerprint density at radius 1 is 1.32 bits per heavy atom. The summed E-state index contributed by atoms with van der Waals surface area (Å²) in [7, 11) is 2.15. The minimum atomic E-state index is 0.472. The predicted molar refractivity (Wildman–Crippen MR) is 84.0 cm³/mol. The fraction of sp³-hybridized carbons (Fsp3) is 0.625. The average Bonchev–Trinajstić information content (AvgIpc) is 3.18. The molecule has 106 valence electrons. The Morgan fingerprint density at radius 3 is 2.58 bits per heavy atom. The van der Waals surface area contributed by atoms with Crippen molar-refractivity contribution >= 4 is 17.3 Å². The van der Waals surface area contributed by atoms with Crippen LogP contribution in [0.1, 0.15) is 39.2 Å². The van der Waals surface area contributed by atoms with Crippen molar-refractivity contribution in [3.63, 3.8) is 0 Å². The molecule has 1 aromatic carbocycles. The average molecular weight is 281 g/mol. The molecule has 0 spiro atoms. The summed E-state index contributed by atoms with van der Waals surface area (Å²) in [6, 6.07) is 7.41. The molecule has 0 bridgehead atoms. The molecule has 2 nitrogen and oxygen atoms in total. The molecule has 0 saturated heterocycles. The predicted octanol–water partition coefficient (Wildman–Crippen LogP) is 4.07. The van der Waals surface area contributed by atoms with Gasteiger partial charge >= 0.3 is 0 Å². The summed E-state index contributed by atoms with van der Waals surface area (Å²) >= 11 is 6.43. The number of benzene rings is 1. The van der Waals surface area contributed by atoms with Crippen LogP contribution < -0.4 is 10.2 Å². The van der Waals surface area contributed by atoms with Gasteiger partial charge in [0.25, 0.3) is 0 Å². The number of rotatable bonds is 6. The largest absolute Gasteiger partial charge is 0.370 e. The van der Waals surface area contributed by atoms with E-state index in [-0.39, 0.29) is 0 Å². The normalized spacial score (nSPS) is 16.7. The van der Waals surface area contributed by atoms with E-state index in [0.29, 0.717) is 12.0 Å². The highest BCUT2D eigenvalue weighted by atomic mass is 35.5. The SMILES string of the molecule is CC(C)C(C)N(C)c1c(Cl)cccc1CNC1CC1. The second-order valence-corrected chi connectivity index (χ2v) is 6.41. The highest BCUT2D eigenvalue weighted by Crippen LogP contribution is 2.32. The lowest BCUT2D eigenvalue weighted by atomic mass is 10.0. The molecule has 1 atom stereocenters. The third-order valence-corrected chi connectivity index (χ3v) is 4.46. The van der Waals surface area contributed by atoms with Crippen LogP contribution in [0, 0.1) is 5.92 Å². The Balaban J connectivity index is 2.20. The van der Waals surface area contributed by atoms with Crippen LogP contribution in [0.25, 0.3) is 0 Å². The number of nitrogens with zero attached hydrogens (tertiary/aromatic N) is 1. The van der Waals surface area contributed by atoms with Gasteiger partial charge in [0, 0.05) is 25.7 Å². The van der Waals surface area contributed by atoms with E-state index in [0.717, 1.165) is 17.6 Å². The van der Waals surface area contributed by atoms with Crippen LogP contribution in [0.2, 0.25) is 5.02 Å². The van der Waals surface area contributed by atoms with Crippen molar-refractivity contribution in [3.05, 3.63) is 28.8 Å². The van der Waals surface area contributed by atoms with Crippen molar-refractivity contribution in [2.24, 2.45) is 5.92 Å².